The van der Waals surface area contributed by atoms with E-state index in [-0.39, 0.29) is 25.3 Å². The Morgan fingerprint density at radius 1 is 1.48 bits per heavy atom. The molecule has 0 heterocycles. The molecule has 7 nitrogen and oxygen atoms in total. The van der Waals surface area contributed by atoms with E-state index >= 15 is 0 Å². The van der Waals surface area contributed by atoms with Crippen molar-refractivity contribution in [2.75, 3.05) is 13.2 Å². The van der Waals surface area contributed by atoms with Crippen LogP contribution < -0.4 is 10.5 Å². The molecule has 0 saturated carbocycles. The van der Waals surface area contributed by atoms with Crippen LogP contribution in [0.4, 0.5) is 5.69 Å². The van der Waals surface area contributed by atoms with E-state index in [9.17, 15) is 14.9 Å². The summed E-state index contributed by atoms with van der Waals surface area (Å²) >= 11 is 0. The molecule has 0 aromatic heterocycles. The van der Waals surface area contributed by atoms with Gasteiger partial charge in [0.1, 0.15) is 11.3 Å². The van der Waals surface area contributed by atoms with Gasteiger partial charge in [-0.2, -0.15) is 0 Å². The summed E-state index contributed by atoms with van der Waals surface area (Å²) < 4.78 is 10.4. The molecule has 0 saturated heterocycles. The highest BCUT2D eigenvalue weighted by molar-refractivity contribution is 5.79. The summed E-state index contributed by atoms with van der Waals surface area (Å²) in [6.07, 6.45) is 0.280. The predicted molar refractivity (Wildman–Crippen MR) is 77.2 cm³/mol. The fraction of sp³-hybridized carbons (Fsp3) is 0.500. The van der Waals surface area contributed by atoms with Crippen LogP contribution in [0.15, 0.2) is 18.2 Å². The van der Waals surface area contributed by atoms with Crippen LogP contribution in [0.2, 0.25) is 0 Å². The molecule has 1 unspecified atom stereocenters. The van der Waals surface area contributed by atoms with Crippen molar-refractivity contribution in [3.63, 3.8) is 0 Å². The van der Waals surface area contributed by atoms with Crippen molar-refractivity contribution >= 4 is 11.7 Å². The highest BCUT2D eigenvalue weighted by atomic mass is 16.6. The van der Waals surface area contributed by atoms with Gasteiger partial charge in [0, 0.05) is 18.6 Å². The Morgan fingerprint density at radius 3 is 2.67 bits per heavy atom. The van der Waals surface area contributed by atoms with Crippen molar-refractivity contribution in [2.45, 2.75) is 32.7 Å². The lowest BCUT2D eigenvalue weighted by Gasteiger charge is -2.22. The first kappa shape index (κ1) is 16.9. The van der Waals surface area contributed by atoms with Crippen LogP contribution in [-0.4, -0.2) is 29.6 Å². The Hall–Kier alpha value is -2.15. The molecule has 0 fully saturated rings. The van der Waals surface area contributed by atoms with Crippen molar-refractivity contribution in [2.24, 2.45) is 5.73 Å². The fourth-order valence-electron chi connectivity index (χ4n) is 1.68. The third-order valence-corrected chi connectivity index (χ3v) is 2.99. The lowest BCUT2D eigenvalue weighted by Crippen LogP contribution is -2.47. The normalized spacial score (nSPS) is 13.3. The average molecular weight is 296 g/mol. The quantitative estimate of drug-likeness (QED) is 0.468. The Balaban J connectivity index is 2.60. The minimum Gasteiger partial charge on any atom is -0.493 e. The van der Waals surface area contributed by atoms with Crippen molar-refractivity contribution in [3.05, 3.63) is 33.9 Å². The lowest BCUT2D eigenvalue weighted by molar-refractivity contribution is -0.384. The summed E-state index contributed by atoms with van der Waals surface area (Å²) in [6.45, 7) is 5.50. The highest BCUT2D eigenvalue weighted by Gasteiger charge is 2.29. The second-order valence-corrected chi connectivity index (χ2v) is 4.94. The van der Waals surface area contributed by atoms with Crippen LogP contribution in [0.1, 0.15) is 25.8 Å². The van der Waals surface area contributed by atoms with E-state index in [1.807, 2.05) is 0 Å². The molecule has 0 spiro atoms. The first-order chi connectivity index (χ1) is 9.77. The average Bonchev–Trinajstić information content (AvgIpc) is 2.40. The number of aryl methyl sites for hydroxylation is 1. The number of ether oxygens (including phenoxy) is 2. The molecule has 1 atom stereocenters. The first-order valence-corrected chi connectivity index (χ1v) is 6.62. The molecule has 21 heavy (non-hydrogen) atoms. The molecule has 1 aromatic carbocycles. The molecular weight excluding hydrogens is 276 g/mol. The third kappa shape index (κ3) is 4.71. The summed E-state index contributed by atoms with van der Waals surface area (Å²) in [6, 6.07) is 4.34. The topological polar surface area (TPSA) is 105 Å². The van der Waals surface area contributed by atoms with Crippen LogP contribution in [0.5, 0.6) is 5.75 Å². The number of rotatable bonds is 7. The van der Waals surface area contributed by atoms with Gasteiger partial charge in [0.15, 0.2) is 0 Å². The third-order valence-electron chi connectivity index (χ3n) is 2.99. The Kier molecular flexibility index (Phi) is 5.66. The number of non-ortho nitro benzene ring substituents is 1. The van der Waals surface area contributed by atoms with Crippen molar-refractivity contribution in [1.82, 2.24) is 0 Å². The van der Waals surface area contributed by atoms with Gasteiger partial charge in [-0.05, 0) is 32.4 Å². The molecule has 1 aromatic rings. The second-order valence-electron chi connectivity index (χ2n) is 4.94. The van der Waals surface area contributed by atoms with Gasteiger partial charge in [-0.1, -0.05) is 0 Å². The molecule has 7 heteroatoms. The Bertz CT molecular complexity index is 528. The summed E-state index contributed by atoms with van der Waals surface area (Å²) in [7, 11) is 0. The minimum atomic E-state index is -1.12. The summed E-state index contributed by atoms with van der Waals surface area (Å²) in [5.41, 5.74) is 5.41. The maximum atomic E-state index is 11.6. The molecule has 1 rings (SSSR count). The first-order valence-electron chi connectivity index (χ1n) is 6.62. The maximum Gasteiger partial charge on any atom is 0.325 e. The smallest absolute Gasteiger partial charge is 0.325 e. The van der Waals surface area contributed by atoms with Crippen molar-refractivity contribution in [3.8, 4) is 5.75 Å². The summed E-state index contributed by atoms with van der Waals surface area (Å²) in [5, 5.41) is 10.6. The van der Waals surface area contributed by atoms with Crippen LogP contribution in [0, 0.1) is 17.0 Å². The molecule has 0 bridgehead atoms. The zero-order valence-corrected chi connectivity index (χ0v) is 12.4. The number of nitro groups is 1. The SMILES string of the molecule is CCOC(=O)C(C)(N)CCOc1ccc([N+](=O)[O-])cc1C. The largest absolute Gasteiger partial charge is 0.493 e. The number of benzene rings is 1. The molecule has 116 valence electrons. The zero-order chi connectivity index (χ0) is 16.0. The van der Waals surface area contributed by atoms with E-state index in [0.717, 1.165) is 0 Å². The second kappa shape index (κ2) is 7.03. The van der Waals surface area contributed by atoms with E-state index in [4.69, 9.17) is 15.2 Å². The zero-order valence-electron chi connectivity index (χ0n) is 12.4. The molecule has 0 aliphatic heterocycles. The van der Waals surface area contributed by atoms with Gasteiger partial charge in [-0.15, -0.1) is 0 Å². The van der Waals surface area contributed by atoms with E-state index in [2.05, 4.69) is 0 Å². The van der Waals surface area contributed by atoms with Gasteiger partial charge in [0.05, 0.1) is 18.1 Å². The van der Waals surface area contributed by atoms with Crippen LogP contribution >= 0.6 is 0 Å². The monoisotopic (exact) mass is 296 g/mol. The van der Waals surface area contributed by atoms with Gasteiger partial charge >= 0.3 is 5.97 Å². The van der Waals surface area contributed by atoms with Gasteiger partial charge in [0.25, 0.3) is 5.69 Å². The van der Waals surface area contributed by atoms with Crippen LogP contribution in [0.25, 0.3) is 0 Å². The van der Waals surface area contributed by atoms with Gasteiger partial charge in [0.2, 0.25) is 0 Å². The number of nitro benzene ring substituents is 1. The molecule has 2 N–H and O–H groups in total. The maximum absolute atomic E-state index is 11.6. The highest BCUT2D eigenvalue weighted by Crippen LogP contribution is 2.23. The molecule has 0 aliphatic rings. The summed E-state index contributed by atoms with van der Waals surface area (Å²) in [4.78, 5) is 21.8. The summed E-state index contributed by atoms with van der Waals surface area (Å²) in [5.74, 6) is 0.0503. The minimum absolute atomic E-state index is 0.00929. The number of carbonyl (C=O) groups is 1. The van der Waals surface area contributed by atoms with Crippen LogP contribution in [0.3, 0.4) is 0 Å². The van der Waals surface area contributed by atoms with E-state index in [1.165, 1.54) is 18.2 Å². The van der Waals surface area contributed by atoms with Gasteiger partial charge in [-0.25, -0.2) is 0 Å². The van der Waals surface area contributed by atoms with E-state index in [0.29, 0.717) is 11.3 Å². The van der Waals surface area contributed by atoms with Gasteiger partial charge in [-0.3, -0.25) is 14.9 Å². The fourth-order valence-corrected chi connectivity index (χ4v) is 1.68. The van der Waals surface area contributed by atoms with Crippen LogP contribution in [-0.2, 0) is 9.53 Å². The Morgan fingerprint density at radius 2 is 2.14 bits per heavy atom. The van der Waals surface area contributed by atoms with E-state index in [1.54, 1.807) is 20.8 Å². The molecule has 0 radical (unpaired) electrons. The van der Waals surface area contributed by atoms with Crippen molar-refractivity contribution < 1.29 is 19.2 Å². The number of hydrogen-bond donors (Lipinski definition) is 1. The Labute approximate surface area is 123 Å². The molecular formula is C14H20N2O5. The number of carbonyl (C=O) groups excluding carboxylic acids is 1. The number of esters is 1. The standard InChI is InChI=1S/C14H20N2O5/c1-4-20-13(17)14(3,15)7-8-21-12-6-5-11(16(18)19)9-10(12)2/h5-6,9H,4,7-8,15H2,1-3H3. The van der Waals surface area contributed by atoms with E-state index < -0.39 is 16.4 Å². The predicted octanol–water partition coefficient (Wildman–Crippen LogP) is 1.95. The number of nitrogens with two attached hydrogens (primary N) is 1. The molecule has 0 aliphatic carbocycles. The van der Waals surface area contributed by atoms with Gasteiger partial charge < -0.3 is 15.2 Å². The number of hydrogen-bond acceptors (Lipinski definition) is 6. The molecule has 0 amide bonds. The lowest BCUT2D eigenvalue weighted by atomic mass is 10.0. The number of nitrogens with zero attached hydrogens (tertiary/aromatic N) is 1. The van der Waals surface area contributed by atoms with Crippen molar-refractivity contribution in [1.29, 1.82) is 0 Å².